The number of ether oxygens (including phenoxy) is 2. The Hall–Kier alpha value is -1.63. The van der Waals surface area contributed by atoms with Crippen molar-refractivity contribution in [1.29, 1.82) is 0 Å². The predicted octanol–water partition coefficient (Wildman–Crippen LogP) is 1.24. The fourth-order valence-electron chi connectivity index (χ4n) is 2.26. The molecule has 0 unspecified atom stereocenters. The quantitative estimate of drug-likeness (QED) is 0.567. The summed E-state index contributed by atoms with van der Waals surface area (Å²) in [4.78, 5) is 27.2. The van der Waals surface area contributed by atoms with Gasteiger partial charge in [-0.05, 0) is 22.4 Å². The number of rotatable bonds is 6. The van der Waals surface area contributed by atoms with Gasteiger partial charge < -0.3 is 19.7 Å². The SMILES string of the molecule is CCCCOC(=O)Nc1nc(=O)n([C@@H]2O[C@H](CO)[C@@H](O)C2(F)F)cc1Br. The van der Waals surface area contributed by atoms with Gasteiger partial charge >= 0.3 is 17.7 Å². The molecule has 26 heavy (non-hydrogen) atoms. The van der Waals surface area contributed by atoms with E-state index >= 15 is 0 Å². The van der Waals surface area contributed by atoms with Gasteiger partial charge in [-0.1, -0.05) is 13.3 Å². The van der Waals surface area contributed by atoms with Gasteiger partial charge in [-0.15, -0.1) is 0 Å². The van der Waals surface area contributed by atoms with E-state index in [0.717, 1.165) is 12.6 Å². The van der Waals surface area contributed by atoms with Crippen LogP contribution in [0.5, 0.6) is 0 Å². The number of aliphatic hydroxyl groups is 2. The van der Waals surface area contributed by atoms with Crippen molar-refractivity contribution in [3.05, 3.63) is 21.2 Å². The number of hydrogen-bond donors (Lipinski definition) is 3. The Morgan fingerprint density at radius 1 is 1.58 bits per heavy atom. The van der Waals surface area contributed by atoms with Crippen LogP contribution in [0.1, 0.15) is 26.0 Å². The summed E-state index contributed by atoms with van der Waals surface area (Å²) in [6, 6.07) is 0. The summed E-state index contributed by atoms with van der Waals surface area (Å²) in [6.45, 7) is 1.25. The van der Waals surface area contributed by atoms with Crippen molar-refractivity contribution >= 4 is 27.8 Å². The molecule has 0 bridgehead atoms. The van der Waals surface area contributed by atoms with E-state index in [1.54, 1.807) is 0 Å². The normalized spacial score (nSPS) is 24.5. The van der Waals surface area contributed by atoms with Crippen molar-refractivity contribution in [2.24, 2.45) is 0 Å². The molecule has 0 radical (unpaired) electrons. The first kappa shape index (κ1) is 20.7. The van der Waals surface area contributed by atoms with E-state index < -0.39 is 42.7 Å². The lowest BCUT2D eigenvalue weighted by Gasteiger charge is -2.21. The number of halogens is 3. The third kappa shape index (κ3) is 4.19. The summed E-state index contributed by atoms with van der Waals surface area (Å²) in [5, 5.41) is 20.8. The Morgan fingerprint density at radius 3 is 2.85 bits per heavy atom. The van der Waals surface area contributed by atoms with Gasteiger partial charge in [0.1, 0.15) is 6.10 Å². The lowest BCUT2D eigenvalue weighted by molar-refractivity contribution is -0.141. The maximum absolute atomic E-state index is 14.1. The maximum Gasteiger partial charge on any atom is 0.412 e. The van der Waals surface area contributed by atoms with Crippen LogP contribution in [0, 0.1) is 0 Å². The number of alkyl halides is 2. The van der Waals surface area contributed by atoms with Crippen LogP contribution in [0.4, 0.5) is 19.4 Å². The van der Waals surface area contributed by atoms with Crippen molar-refractivity contribution in [2.75, 3.05) is 18.5 Å². The molecular weight excluding hydrogens is 424 g/mol. The number of nitrogens with zero attached hydrogens (tertiary/aromatic N) is 2. The molecule has 1 aromatic rings. The van der Waals surface area contributed by atoms with Gasteiger partial charge in [0, 0.05) is 6.20 Å². The third-order valence-corrected chi connectivity index (χ3v) is 4.25. The van der Waals surface area contributed by atoms with Gasteiger partial charge in [-0.2, -0.15) is 13.8 Å². The second kappa shape index (κ2) is 8.37. The monoisotopic (exact) mass is 441 g/mol. The molecule has 9 nitrogen and oxygen atoms in total. The summed E-state index contributed by atoms with van der Waals surface area (Å²) in [5.41, 5.74) is -1.15. The van der Waals surface area contributed by atoms with Crippen LogP contribution in [0.3, 0.4) is 0 Å². The maximum atomic E-state index is 14.1. The van der Waals surface area contributed by atoms with Crippen LogP contribution >= 0.6 is 15.9 Å². The van der Waals surface area contributed by atoms with Gasteiger partial charge in [0.25, 0.3) is 0 Å². The minimum absolute atomic E-state index is 0.0193. The fourth-order valence-corrected chi connectivity index (χ4v) is 2.67. The first-order valence-electron chi connectivity index (χ1n) is 7.77. The van der Waals surface area contributed by atoms with Crippen LogP contribution in [0.25, 0.3) is 0 Å². The van der Waals surface area contributed by atoms with E-state index in [4.69, 9.17) is 14.6 Å². The molecule has 1 aliphatic rings. The Labute approximate surface area is 155 Å². The molecule has 1 aromatic heterocycles. The average molecular weight is 442 g/mol. The number of carbonyl (C=O) groups excluding carboxylic acids is 1. The predicted molar refractivity (Wildman–Crippen MR) is 88.0 cm³/mol. The molecule has 0 saturated carbocycles. The smallest absolute Gasteiger partial charge is 0.412 e. The fraction of sp³-hybridized carbons (Fsp3) is 0.643. The van der Waals surface area contributed by atoms with E-state index in [0.29, 0.717) is 11.0 Å². The van der Waals surface area contributed by atoms with E-state index in [1.807, 2.05) is 6.92 Å². The van der Waals surface area contributed by atoms with Gasteiger partial charge in [0.05, 0.1) is 17.7 Å². The van der Waals surface area contributed by atoms with Crippen LogP contribution in [-0.2, 0) is 9.47 Å². The van der Waals surface area contributed by atoms with Crippen molar-refractivity contribution in [2.45, 2.75) is 44.1 Å². The molecule has 1 saturated heterocycles. The van der Waals surface area contributed by atoms with Crippen LogP contribution in [0.2, 0.25) is 0 Å². The molecule has 3 N–H and O–H groups in total. The van der Waals surface area contributed by atoms with E-state index in [1.165, 1.54) is 0 Å². The highest BCUT2D eigenvalue weighted by molar-refractivity contribution is 9.10. The number of anilines is 1. The average Bonchev–Trinajstić information content (AvgIpc) is 2.81. The molecule has 3 atom stereocenters. The van der Waals surface area contributed by atoms with Crippen molar-refractivity contribution < 1.29 is 33.3 Å². The second-order valence-electron chi connectivity index (χ2n) is 5.57. The number of carbonyl (C=O) groups is 1. The summed E-state index contributed by atoms with van der Waals surface area (Å²) in [7, 11) is 0. The van der Waals surface area contributed by atoms with Gasteiger partial charge in [0.15, 0.2) is 11.9 Å². The molecular formula is C14H18BrF2N3O6. The summed E-state index contributed by atoms with van der Waals surface area (Å²) in [5.74, 6) is -4.04. The largest absolute Gasteiger partial charge is 0.449 e. The molecule has 2 rings (SSSR count). The zero-order chi connectivity index (χ0) is 19.5. The standard InChI is InChI=1S/C14H18BrF2N3O6/c1-2-3-4-25-13(24)19-10-7(15)5-20(12(23)18-10)11-14(16,17)9(22)8(6-21)26-11/h5,8-9,11,21-22H,2-4,6H2,1H3,(H,18,19,23,24)/t8-,9-,11-/m1/s1. The zero-order valence-electron chi connectivity index (χ0n) is 13.7. The van der Waals surface area contributed by atoms with Crippen molar-refractivity contribution in [1.82, 2.24) is 9.55 Å². The number of aliphatic hydroxyl groups excluding tert-OH is 2. The summed E-state index contributed by atoms with van der Waals surface area (Å²) < 4.78 is 38.5. The Balaban J connectivity index is 2.22. The van der Waals surface area contributed by atoms with Gasteiger partial charge in [-0.25, -0.2) is 9.59 Å². The molecule has 1 aliphatic heterocycles. The first-order valence-corrected chi connectivity index (χ1v) is 8.56. The Morgan fingerprint density at radius 2 is 2.27 bits per heavy atom. The molecule has 0 aliphatic carbocycles. The highest BCUT2D eigenvalue weighted by Gasteiger charge is 2.59. The van der Waals surface area contributed by atoms with Crippen LogP contribution in [-0.4, -0.2) is 57.2 Å². The van der Waals surface area contributed by atoms with E-state index in [-0.39, 0.29) is 16.9 Å². The third-order valence-electron chi connectivity index (χ3n) is 3.67. The van der Waals surface area contributed by atoms with E-state index in [9.17, 15) is 23.5 Å². The second-order valence-corrected chi connectivity index (χ2v) is 6.42. The molecule has 0 aromatic carbocycles. The zero-order valence-corrected chi connectivity index (χ0v) is 15.3. The lowest BCUT2D eigenvalue weighted by Crippen LogP contribution is -2.42. The first-order chi connectivity index (χ1) is 12.2. The topological polar surface area (TPSA) is 123 Å². The summed E-state index contributed by atoms with van der Waals surface area (Å²) >= 11 is 3.02. The lowest BCUT2D eigenvalue weighted by atomic mass is 10.1. The highest BCUT2D eigenvalue weighted by Crippen LogP contribution is 2.42. The minimum atomic E-state index is -3.83. The van der Waals surface area contributed by atoms with Gasteiger partial charge in [0.2, 0.25) is 6.23 Å². The number of hydrogen-bond acceptors (Lipinski definition) is 7. The Kier molecular flexibility index (Phi) is 6.66. The number of nitrogens with one attached hydrogen (secondary N) is 1. The number of amides is 1. The Bertz CT molecular complexity index is 716. The minimum Gasteiger partial charge on any atom is -0.449 e. The highest BCUT2D eigenvalue weighted by atomic mass is 79.9. The van der Waals surface area contributed by atoms with E-state index in [2.05, 4.69) is 26.2 Å². The van der Waals surface area contributed by atoms with Crippen LogP contribution in [0.15, 0.2) is 15.5 Å². The molecule has 1 fully saturated rings. The molecule has 0 spiro atoms. The van der Waals surface area contributed by atoms with Crippen molar-refractivity contribution in [3.8, 4) is 0 Å². The summed E-state index contributed by atoms with van der Waals surface area (Å²) in [6.07, 6.45) is -4.41. The molecule has 1 amide bonds. The molecule has 12 heteroatoms. The van der Waals surface area contributed by atoms with Crippen LogP contribution < -0.4 is 11.0 Å². The van der Waals surface area contributed by atoms with Gasteiger partial charge in [-0.3, -0.25) is 9.88 Å². The molecule has 146 valence electrons. The molecule has 2 heterocycles. The van der Waals surface area contributed by atoms with Crippen molar-refractivity contribution in [3.63, 3.8) is 0 Å². The number of unbranched alkanes of at least 4 members (excludes halogenated alkanes) is 1. The number of aromatic nitrogens is 2.